The van der Waals surface area contributed by atoms with E-state index in [9.17, 15) is 9.59 Å². The molecule has 0 unspecified atom stereocenters. The standard InChI is InChI=1S/C16H25N3O3/c1-16(2,3)22-15(21)18-10-11-6-4-7-12(11)19-14(20)13-8-5-9-17-13/h5,8-9,11-12,17H,4,6-7,10H2,1-3H3,(H,18,21)(H,19,20)/t11-,12-/m0/s1. The molecular weight excluding hydrogens is 282 g/mol. The lowest BCUT2D eigenvalue weighted by Gasteiger charge is -2.23. The fourth-order valence-corrected chi connectivity index (χ4v) is 2.72. The molecule has 2 amide bonds. The molecule has 122 valence electrons. The van der Waals surface area contributed by atoms with Crippen LogP contribution in [0.4, 0.5) is 4.79 Å². The minimum absolute atomic E-state index is 0.0886. The molecule has 22 heavy (non-hydrogen) atoms. The molecule has 1 aliphatic carbocycles. The number of nitrogens with one attached hydrogen (secondary N) is 3. The summed E-state index contributed by atoms with van der Waals surface area (Å²) in [5.41, 5.74) is 0.0619. The van der Waals surface area contributed by atoms with Crippen molar-refractivity contribution in [3.8, 4) is 0 Å². The van der Waals surface area contributed by atoms with Crippen molar-refractivity contribution < 1.29 is 14.3 Å². The number of alkyl carbamates (subject to hydrolysis) is 1. The lowest BCUT2D eigenvalue weighted by molar-refractivity contribution is 0.0517. The van der Waals surface area contributed by atoms with Gasteiger partial charge in [-0.25, -0.2) is 4.79 Å². The predicted molar refractivity (Wildman–Crippen MR) is 83.6 cm³/mol. The molecule has 0 radical (unpaired) electrons. The van der Waals surface area contributed by atoms with Crippen LogP contribution in [0.1, 0.15) is 50.5 Å². The van der Waals surface area contributed by atoms with Gasteiger partial charge in [-0.1, -0.05) is 6.42 Å². The minimum atomic E-state index is -0.499. The summed E-state index contributed by atoms with van der Waals surface area (Å²) in [6.07, 6.45) is 4.30. The largest absolute Gasteiger partial charge is 0.444 e. The molecule has 1 heterocycles. The van der Waals surface area contributed by atoms with Crippen molar-refractivity contribution in [1.82, 2.24) is 15.6 Å². The van der Waals surface area contributed by atoms with Crippen molar-refractivity contribution >= 4 is 12.0 Å². The van der Waals surface area contributed by atoms with Crippen LogP contribution in [0.5, 0.6) is 0 Å². The van der Waals surface area contributed by atoms with E-state index in [1.54, 1.807) is 18.3 Å². The first-order valence-electron chi connectivity index (χ1n) is 7.76. The van der Waals surface area contributed by atoms with Crippen LogP contribution in [0.25, 0.3) is 0 Å². The van der Waals surface area contributed by atoms with Gasteiger partial charge in [-0.3, -0.25) is 4.79 Å². The van der Waals surface area contributed by atoms with Crippen LogP contribution >= 0.6 is 0 Å². The quantitative estimate of drug-likeness (QED) is 0.799. The number of aromatic amines is 1. The Labute approximate surface area is 131 Å². The molecule has 6 heteroatoms. The van der Waals surface area contributed by atoms with E-state index in [2.05, 4.69) is 15.6 Å². The Balaban J connectivity index is 1.81. The molecule has 0 aromatic carbocycles. The summed E-state index contributed by atoms with van der Waals surface area (Å²) in [6.45, 7) is 6.02. The fourth-order valence-electron chi connectivity index (χ4n) is 2.72. The topological polar surface area (TPSA) is 83.2 Å². The van der Waals surface area contributed by atoms with E-state index in [-0.39, 0.29) is 17.9 Å². The predicted octanol–water partition coefficient (Wildman–Crippen LogP) is 2.44. The number of amides is 2. The number of rotatable bonds is 4. The molecular formula is C16H25N3O3. The molecule has 3 N–H and O–H groups in total. The Morgan fingerprint density at radius 2 is 2.14 bits per heavy atom. The number of H-pyrrole nitrogens is 1. The minimum Gasteiger partial charge on any atom is -0.444 e. The van der Waals surface area contributed by atoms with Crippen molar-refractivity contribution in [3.05, 3.63) is 24.0 Å². The number of aromatic nitrogens is 1. The summed E-state index contributed by atoms with van der Waals surface area (Å²) in [5, 5.41) is 5.84. The average molecular weight is 307 g/mol. The van der Waals surface area contributed by atoms with Gasteiger partial charge >= 0.3 is 6.09 Å². The highest BCUT2D eigenvalue weighted by molar-refractivity contribution is 5.92. The van der Waals surface area contributed by atoms with Gasteiger partial charge < -0.3 is 20.4 Å². The molecule has 1 aliphatic rings. The van der Waals surface area contributed by atoms with Gasteiger partial charge in [0.2, 0.25) is 0 Å². The van der Waals surface area contributed by atoms with Crippen LogP contribution in [0.2, 0.25) is 0 Å². The summed E-state index contributed by atoms with van der Waals surface area (Å²) in [6, 6.07) is 3.63. The molecule has 1 saturated carbocycles. The average Bonchev–Trinajstić information content (AvgIpc) is 3.05. The first-order chi connectivity index (χ1) is 10.3. The van der Waals surface area contributed by atoms with Crippen LogP contribution in [0, 0.1) is 5.92 Å². The van der Waals surface area contributed by atoms with Crippen molar-refractivity contribution in [3.63, 3.8) is 0 Å². The number of carbonyl (C=O) groups excluding carboxylic acids is 2. The fraction of sp³-hybridized carbons (Fsp3) is 0.625. The Hall–Kier alpha value is -1.98. The number of hydrogen-bond acceptors (Lipinski definition) is 3. The molecule has 2 rings (SSSR count). The number of hydrogen-bond donors (Lipinski definition) is 3. The maximum atomic E-state index is 12.1. The van der Waals surface area contributed by atoms with Crippen LogP contribution in [0.3, 0.4) is 0 Å². The van der Waals surface area contributed by atoms with Crippen molar-refractivity contribution in [2.75, 3.05) is 6.54 Å². The molecule has 0 aliphatic heterocycles. The van der Waals surface area contributed by atoms with Crippen LogP contribution in [-0.4, -0.2) is 35.2 Å². The van der Waals surface area contributed by atoms with Crippen LogP contribution < -0.4 is 10.6 Å². The van der Waals surface area contributed by atoms with E-state index < -0.39 is 11.7 Å². The van der Waals surface area contributed by atoms with Gasteiger partial charge in [-0.15, -0.1) is 0 Å². The molecule has 0 saturated heterocycles. The summed E-state index contributed by atoms with van der Waals surface area (Å²) in [5.74, 6) is 0.144. The summed E-state index contributed by atoms with van der Waals surface area (Å²) < 4.78 is 5.23. The molecule has 0 bridgehead atoms. The summed E-state index contributed by atoms with van der Waals surface area (Å²) in [4.78, 5) is 26.7. The molecule has 6 nitrogen and oxygen atoms in total. The Bertz CT molecular complexity index is 505. The Morgan fingerprint density at radius 1 is 1.36 bits per heavy atom. The maximum absolute atomic E-state index is 12.1. The van der Waals surface area contributed by atoms with Crippen LogP contribution in [0.15, 0.2) is 18.3 Å². The summed E-state index contributed by atoms with van der Waals surface area (Å²) in [7, 11) is 0. The van der Waals surface area contributed by atoms with E-state index in [1.807, 2.05) is 20.8 Å². The third kappa shape index (κ3) is 4.79. The summed E-state index contributed by atoms with van der Waals surface area (Å²) >= 11 is 0. The van der Waals surface area contributed by atoms with Crippen molar-refractivity contribution in [1.29, 1.82) is 0 Å². The van der Waals surface area contributed by atoms with Gasteiger partial charge in [0.05, 0.1) is 0 Å². The third-order valence-corrected chi connectivity index (χ3v) is 3.73. The van der Waals surface area contributed by atoms with E-state index in [4.69, 9.17) is 4.74 Å². The smallest absolute Gasteiger partial charge is 0.407 e. The van der Waals surface area contributed by atoms with E-state index in [0.29, 0.717) is 12.2 Å². The van der Waals surface area contributed by atoms with Gasteiger partial charge in [-0.2, -0.15) is 0 Å². The second kappa shape index (κ2) is 6.85. The molecule has 1 fully saturated rings. The zero-order chi connectivity index (χ0) is 16.2. The van der Waals surface area contributed by atoms with Crippen molar-refractivity contribution in [2.45, 2.75) is 51.7 Å². The lowest BCUT2D eigenvalue weighted by atomic mass is 10.0. The molecule has 1 aromatic rings. The second-order valence-corrected chi connectivity index (χ2v) is 6.74. The maximum Gasteiger partial charge on any atom is 0.407 e. The normalized spacial score (nSPS) is 21.4. The van der Waals surface area contributed by atoms with Gasteiger partial charge in [0, 0.05) is 18.8 Å². The van der Waals surface area contributed by atoms with E-state index >= 15 is 0 Å². The van der Waals surface area contributed by atoms with Gasteiger partial charge in [0.15, 0.2) is 0 Å². The van der Waals surface area contributed by atoms with E-state index in [1.165, 1.54) is 0 Å². The zero-order valence-corrected chi connectivity index (χ0v) is 13.4. The monoisotopic (exact) mass is 307 g/mol. The number of ether oxygens (including phenoxy) is 1. The highest BCUT2D eigenvalue weighted by Gasteiger charge is 2.29. The Kier molecular flexibility index (Phi) is 5.11. The Morgan fingerprint density at radius 3 is 2.77 bits per heavy atom. The van der Waals surface area contributed by atoms with Gasteiger partial charge in [0.1, 0.15) is 11.3 Å². The second-order valence-electron chi connectivity index (χ2n) is 6.74. The van der Waals surface area contributed by atoms with Crippen LogP contribution in [-0.2, 0) is 4.74 Å². The molecule has 2 atom stereocenters. The highest BCUT2D eigenvalue weighted by Crippen LogP contribution is 2.25. The SMILES string of the molecule is CC(C)(C)OC(=O)NC[C@@H]1CCC[C@@H]1NC(=O)c1ccc[nH]1. The zero-order valence-electron chi connectivity index (χ0n) is 13.4. The van der Waals surface area contributed by atoms with Gasteiger partial charge in [0.25, 0.3) is 5.91 Å². The van der Waals surface area contributed by atoms with Gasteiger partial charge in [-0.05, 0) is 51.7 Å². The molecule has 0 spiro atoms. The number of carbonyl (C=O) groups is 2. The first-order valence-corrected chi connectivity index (χ1v) is 7.76. The first kappa shape index (κ1) is 16.4. The van der Waals surface area contributed by atoms with Crippen molar-refractivity contribution in [2.24, 2.45) is 5.92 Å². The van der Waals surface area contributed by atoms with E-state index in [0.717, 1.165) is 19.3 Å². The molecule has 1 aromatic heterocycles. The lowest BCUT2D eigenvalue weighted by Crippen LogP contribution is -2.43. The third-order valence-electron chi connectivity index (χ3n) is 3.73. The highest BCUT2D eigenvalue weighted by atomic mass is 16.6.